The van der Waals surface area contributed by atoms with Crippen LogP contribution in [0.25, 0.3) is 6.08 Å². The van der Waals surface area contributed by atoms with E-state index in [0.717, 1.165) is 24.0 Å². The van der Waals surface area contributed by atoms with E-state index in [4.69, 9.17) is 0 Å². The second-order valence-electron chi connectivity index (χ2n) is 6.05. The van der Waals surface area contributed by atoms with Crippen molar-refractivity contribution in [1.82, 2.24) is 4.90 Å². The van der Waals surface area contributed by atoms with E-state index in [9.17, 15) is 14.3 Å². The number of thiophene rings is 1. The number of amides is 1. The Hall–Kier alpha value is -1.98. The molecule has 5 heteroatoms. The Bertz CT molecular complexity index is 689. The first kappa shape index (κ1) is 16.9. The minimum absolute atomic E-state index is 0.0101. The van der Waals surface area contributed by atoms with Gasteiger partial charge in [-0.1, -0.05) is 12.1 Å². The second kappa shape index (κ2) is 7.73. The van der Waals surface area contributed by atoms with Crippen LogP contribution in [0.1, 0.15) is 30.1 Å². The van der Waals surface area contributed by atoms with E-state index in [2.05, 4.69) is 0 Å². The molecular formula is C19H20FNO2S. The third kappa shape index (κ3) is 4.10. The molecule has 1 saturated heterocycles. The summed E-state index contributed by atoms with van der Waals surface area (Å²) in [5.74, 6) is -0.194. The summed E-state index contributed by atoms with van der Waals surface area (Å²) >= 11 is 1.60. The van der Waals surface area contributed by atoms with Gasteiger partial charge in [0.1, 0.15) is 5.82 Å². The minimum Gasteiger partial charge on any atom is -0.388 e. The summed E-state index contributed by atoms with van der Waals surface area (Å²) in [5, 5.41) is 14.4. The van der Waals surface area contributed by atoms with E-state index < -0.39 is 6.10 Å². The molecule has 24 heavy (non-hydrogen) atoms. The molecule has 0 spiro atoms. The van der Waals surface area contributed by atoms with Crippen LogP contribution in [0.3, 0.4) is 0 Å². The van der Waals surface area contributed by atoms with Gasteiger partial charge in [0, 0.05) is 19.2 Å². The smallest absolute Gasteiger partial charge is 0.246 e. The molecule has 1 amide bonds. The third-order valence-corrected chi connectivity index (χ3v) is 5.17. The highest BCUT2D eigenvalue weighted by Gasteiger charge is 2.27. The number of benzene rings is 1. The highest BCUT2D eigenvalue weighted by atomic mass is 32.1. The van der Waals surface area contributed by atoms with E-state index in [0.29, 0.717) is 13.1 Å². The van der Waals surface area contributed by atoms with Crippen molar-refractivity contribution in [2.24, 2.45) is 5.92 Å². The molecule has 3 nitrogen and oxygen atoms in total. The summed E-state index contributed by atoms with van der Waals surface area (Å²) in [7, 11) is 0. The first-order chi connectivity index (χ1) is 11.6. The van der Waals surface area contributed by atoms with Gasteiger partial charge in [-0.05, 0) is 64.9 Å². The summed E-state index contributed by atoms with van der Waals surface area (Å²) in [6.07, 6.45) is 4.33. The number of aliphatic hydroxyl groups excluding tert-OH is 1. The number of rotatable bonds is 4. The van der Waals surface area contributed by atoms with Gasteiger partial charge in [0.2, 0.25) is 5.91 Å². The first-order valence-electron chi connectivity index (χ1n) is 8.06. The summed E-state index contributed by atoms with van der Waals surface area (Å²) < 4.78 is 13.0. The second-order valence-corrected chi connectivity index (χ2v) is 6.83. The van der Waals surface area contributed by atoms with E-state index in [1.807, 2.05) is 27.8 Å². The van der Waals surface area contributed by atoms with Crippen molar-refractivity contribution < 1.29 is 14.3 Å². The highest BCUT2D eigenvalue weighted by Crippen LogP contribution is 2.30. The van der Waals surface area contributed by atoms with Crippen LogP contribution in [-0.2, 0) is 4.79 Å². The maximum atomic E-state index is 13.0. The molecule has 0 unspecified atom stereocenters. The van der Waals surface area contributed by atoms with Crippen LogP contribution >= 0.6 is 11.3 Å². The van der Waals surface area contributed by atoms with Crippen molar-refractivity contribution >= 4 is 23.3 Å². The molecule has 1 N–H and O–H groups in total. The third-order valence-electron chi connectivity index (χ3n) is 4.47. The van der Waals surface area contributed by atoms with Crippen molar-refractivity contribution in [2.45, 2.75) is 18.9 Å². The lowest BCUT2D eigenvalue weighted by atomic mass is 9.87. The maximum Gasteiger partial charge on any atom is 0.246 e. The monoisotopic (exact) mass is 345 g/mol. The number of hydrogen-bond acceptors (Lipinski definition) is 3. The van der Waals surface area contributed by atoms with Gasteiger partial charge in [-0.3, -0.25) is 4.79 Å². The fourth-order valence-electron chi connectivity index (χ4n) is 3.01. The van der Waals surface area contributed by atoms with Crippen LogP contribution in [0.2, 0.25) is 0 Å². The fourth-order valence-corrected chi connectivity index (χ4v) is 3.64. The molecule has 1 aromatic carbocycles. The van der Waals surface area contributed by atoms with Crippen LogP contribution in [0, 0.1) is 11.7 Å². The molecule has 126 valence electrons. The van der Waals surface area contributed by atoms with Gasteiger partial charge < -0.3 is 10.0 Å². The number of hydrogen-bond donors (Lipinski definition) is 1. The van der Waals surface area contributed by atoms with Gasteiger partial charge in [0.15, 0.2) is 0 Å². The zero-order valence-corrected chi connectivity index (χ0v) is 14.1. The number of nitrogens with zero attached hydrogens (tertiary/aromatic N) is 1. The number of aliphatic hydroxyl groups is 1. The van der Waals surface area contributed by atoms with Crippen molar-refractivity contribution in [3.63, 3.8) is 0 Å². The Labute approximate surface area is 145 Å². The standard InChI is InChI=1S/C19H20FNO2S/c20-17-4-2-15(3-5-17)19(23)16-7-10-21(11-8-16)18(22)6-1-14-9-12-24-13-14/h1-6,9,12-13,16,19,23H,7-8,10-11H2/b6-1+/t19-/m1/s1. The molecule has 1 fully saturated rings. The van der Waals surface area contributed by atoms with Crippen molar-refractivity contribution in [3.05, 3.63) is 64.1 Å². The van der Waals surface area contributed by atoms with Crippen molar-refractivity contribution in [2.75, 3.05) is 13.1 Å². The van der Waals surface area contributed by atoms with Gasteiger partial charge in [0.25, 0.3) is 0 Å². The summed E-state index contributed by atoms with van der Waals surface area (Å²) in [5.41, 5.74) is 1.77. The minimum atomic E-state index is -0.607. The summed E-state index contributed by atoms with van der Waals surface area (Å²) in [4.78, 5) is 14.0. The molecule has 1 aliphatic heterocycles. The zero-order valence-electron chi connectivity index (χ0n) is 13.3. The molecule has 0 radical (unpaired) electrons. The molecule has 2 heterocycles. The normalized spacial score (nSPS) is 17.3. The average Bonchev–Trinajstić information content (AvgIpc) is 3.13. The van der Waals surface area contributed by atoms with Gasteiger partial charge in [0.05, 0.1) is 6.10 Å². The SMILES string of the molecule is O=C(/C=C/c1ccsc1)N1CCC([C@H](O)c2ccc(F)cc2)CC1. The molecule has 1 aromatic heterocycles. The summed E-state index contributed by atoms with van der Waals surface area (Å²) in [6.45, 7) is 1.27. The lowest BCUT2D eigenvalue weighted by Crippen LogP contribution is -2.38. The number of halogens is 1. The number of piperidine rings is 1. The quantitative estimate of drug-likeness (QED) is 0.855. The Morgan fingerprint density at radius 2 is 1.96 bits per heavy atom. The fraction of sp³-hybridized carbons (Fsp3) is 0.316. The Morgan fingerprint density at radius 1 is 1.25 bits per heavy atom. The summed E-state index contributed by atoms with van der Waals surface area (Å²) in [6, 6.07) is 7.96. The number of carbonyl (C=O) groups is 1. The Kier molecular flexibility index (Phi) is 5.43. The zero-order chi connectivity index (χ0) is 16.9. The Balaban J connectivity index is 1.53. The van der Waals surface area contributed by atoms with Crippen LogP contribution in [0.4, 0.5) is 4.39 Å². The molecule has 0 saturated carbocycles. The average molecular weight is 345 g/mol. The molecule has 1 atom stereocenters. The van der Waals surface area contributed by atoms with E-state index >= 15 is 0 Å². The lowest BCUT2D eigenvalue weighted by molar-refractivity contribution is -0.127. The van der Waals surface area contributed by atoms with Crippen LogP contribution in [0.5, 0.6) is 0 Å². The number of likely N-dealkylation sites (tertiary alicyclic amines) is 1. The van der Waals surface area contributed by atoms with Crippen molar-refractivity contribution in [3.8, 4) is 0 Å². The molecular weight excluding hydrogens is 325 g/mol. The van der Waals surface area contributed by atoms with Gasteiger partial charge in [-0.2, -0.15) is 11.3 Å². The molecule has 0 bridgehead atoms. The highest BCUT2D eigenvalue weighted by molar-refractivity contribution is 7.08. The number of carbonyl (C=O) groups excluding carboxylic acids is 1. The van der Waals surface area contributed by atoms with Gasteiger partial charge in [-0.25, -0.2) is 4.39 Å². The van der Waals surface area contributed by atoms with Crippen molar-refractivity contribution in [1.29, 1.82) is 0 Å². The molecule has 0 aliphatic carbocycles. The van der Waals surface area contributed by atoms with Crippen LogP contribution in [0.15, 0.2) is 47.2 Å². The molecule has 3 rings (SSSR count). The van der Waals surface area contributed by atoms with E-state index in [1.165, 1.54) is 12.1 Å². The topological polar surface area (TPSA) is 40.5 Å². The molecule has 1 aliphatic rings. The van der Waals surface area contributed by atoms with E-state index in [-0.39, 0.29) is 17.6 Å². The Morgan fingerprint density at radius 3 is 2.58 bits per heavy atom. The predicted octanol–water partition coefficient (Wildman–Crippen LogP) is 3.87. The predicted molar refractivity (Wildman–Crippen MR) is 94.0 cm³/mol. The van der Waals surface area contributed by atoms with Crippen LogP contribution in [-0.4, -0.2) is 29.0 Å². The van der Waals surface area contributed by atoms with E-state index in [1.54, 1.807) is 29.5 Å². The maximum absolute atomic E-state index is 13.0. The van der Waals surface area contributed by atoms with Gasteiger partial charge >= 0.3 is 0 Å². The van der Waals surface area contributed by atoms with Crippen LogP contribution < -0.4 is 0 Å². The largest absolute Gasteiger partial charge is 0.388 e. The first-order valence-corrected chi connectivity index (χ1v) is 9.00. The molecule has 2 aromatic rings. The lowest BCUT2D eigenvalue weighted by Gasteiger charge is -2.34. The van der Waals surface area contributed by atoms with Gasteiger partial charge in [-0.15, -0.1) is 0 Å².